The van der Waals surface area contributed by atoms with Crippen molar-refractivity contribution in [3.63, 3.8) is 0 Å². The molecule has 2 aromatic rings. The van der Waals surface area contributed by atoms with Crippen molar-refractivity contribution in [3.8, 4) is 11.4 Å². The maximum Gasteiger partial charge on any atom is 0.140 e. The predicted octanol–water partition coefficient (Wildman–Crippen LogP) is 2.76. The van der Waals surface area contributed by atoms with Crippen LogP contribution >= 0.6 is 11.6 Å². The number of imidazole rings is 1. The van der Waals surface area contributed by atoms with Crippen LogP contribution in [0, 0.1) is 0 Å². The van der Waals surface area contributed by atoms with E-state index in [1.807, 2.05) is 24.5 Å². The molecule has 0 atom stereocenters. The first-order valence-corrected chi connectivity index (χ1v) is 5.02. The van der Waals surface area contributed by atoms with E-state index in [1.54, 1.807) is 0 Å². The number of hydrogen-bond donors (Lipinski definition) is 0. The minimum atomic E-state index is 0.778. The number of benzene rings is 1. The van der Waals surface area contributed by atoms with Crippen LogP contribution in [0.15, 0.2) is 30.6 Å². The normalized spacial score (nSPS) is 13.5. The van der Waals surface area contributed by atoms with Crippen LogP contribution in [0.4, 0.5) is 0 Å². The molecule has 0 aliphatic carbocycles. The summed E-state index contributed by atoms with van der Waals surface area (Å²) in [4.78, 5) is 4.34. The van der Waals surface area contributed by atoms with Crippen LogP contribution in [0.2, 0.25) is 5.02 Å². The molecule has 2 heterocycles. The van der Waals surface area contributed by atoms with Crippen molar-refractivity contribution in [1.29, 1.82) is 0 Å². The Morgan fingerprint density at radius 1 is 1.36 bits per heavy atom. The highest BCUT2D eigenvalue weighted by molar-refractivity contribution is 6.30. The van der Waals surface area contributed by atoms with Crippen LogP contribution in [0.3, 0.4) is 0 Å². The van der Waals surface area contributed by atoms with E-state index in [9.17, 15) is 0 Å². The third kappa shape index (κ3) is 1.07. The Kier molecular flexibility index (Phi) is 1.64. The lowest BCUT2D eigenvalue weighted by atomic mass is 10.0. The Hall–Kier alpha value is -1.28. The second-order valence-corrected chi connectivity index (χ2v) is 3.93. The zero-order chi connectivity index (χ0) is 9.54. The molecule has 0 unspecified atom stereocenters. The zero-order valence-electron chi connectivity index (χ0n) is 7.57. The summed E-state index contributed by atoms with van der Waals surface area (Å²) < 4.78 is 2.17. The number of aryl methyl sites for hydroxylation is 2. The third-order valence-electron chi connectivity index (χ3n) is 2.65. The first-order valence-electron chi connectivity index (χ1n) is 4.64. The van der Waals surface area contributed by atoms with Gasteiger partial charge in [0.25, 0.3) is 0 Å². The molecule has 3 heteroatoms. The average molecular weight is 205 g/mol. The van der Waals surface area contributed by atoms with E-state index < -0.39 is 0 Å². The highest BCUT2D eigenvalue weighted by atomic mass is 35.5. The second kappa shape index (κ2) is 2.85. The maximum absolute atomic E-state index is 5.97. The summed E-state index contributed by atoms with van der Waals surface area (Å²) in [5, 5.41) is 0.778. The van der Waals surface area contributed by atoms with E-state index in [-0.39, 0.29) is 0 Å². The molecule has 1 aliphatic heterocycles. The predicted molar refractivity (Wildman–Crippen MR) is 56.4 cm³/mol. The molecule has 1 aromatic heterocycles. The molecule has 0 saturated heterocycles. The SMILES string of the molecule is Clc1ccc2c(c1)-c1nccn1CC2. The minimum absolute atomic E-state index is 0.778. The van der Waals surface area contributed by atoms with E-state index >= 15 is 0 Å². The number of aromatic nitrogens is 2. The van der Waals surface area contributed by atoms with E-state index in [0.717, 1.165) is 23.8 Å². The summed E-state index contributed by atoms with van der Waals surface area (Å²) in [6, 6.07) is 6.03. The standard InChI is InChI=1S/C11H9ClN2/c12-9-2-1-8-3-5-14-6-4-13-11(14)10(8)7-9/h1-2,4,6-7H,3,5H2. The van der Waals surface area contributed by atoms with Gasteiger partial charge in [-0.1, -0.05) is 17.7 Å². The third-order valence-corrected chi connectivity index (χ3v) is 2.89. The van der Waals surface area contributed by atoms with Gasteiger partial charge in [-0.2, -0.15) is 0 Å². The number of hydrogen-bond acceptors (Lipinski definition) is 1. The molecule has 14 heavy (non-hydrogen) atoms. The number of fused-ring (bicyclic) bond motifs is 3. The molecule has 1 aliphatic rings. The summed E-state index contributed by atoms with van der Waals surface area (Å²) in [6.07, 6.45) is 4.92. The van der Waals surface area contributed by atoms with Crippen molar-refractivity contribution in [2.75, 3.05) is 0 Å². The average Bonchev–Trinajstić information content (AvgIpc) is 2.65. The fraction of sp³-hybridized carbons (Fsp3) is 0.182. The van der Waals surface area contributed by atoms with Gasteiger partial charge in [0, 0.05) is 29.5 Å². The fourth-order valence-electron chi connectivity index (χ4n) is 1.95. The highest BCUT2D eigenvalue weighted by Gasteiger charge is 2.16. The first kappa shape index (κ1) is 8.06. The monoisotopic (exact) mass is 204 g/mol. The quantitative estimate of drug-likeness (QED) is 0.645. The Balaban J connectivity index is 2.28. The van der Waals surface area contributed by atoms with E-state index in [2.05, 4.69) is 15.6 Å². The second-order valence-electron chi connectivity index (χ2n) is 3.50. The summed E-state index contributed by atoms with van der Waals surface area (Å²) >= 11 is 5.97. The Morgan fingerprint density at radius 2 is 2.29 bits per heavy atom. The fourth-order valence-corrected chi connectivity index (χ4v) is 2.12. The van der Waals surface area contributed by atoms with Gasteiger partial charge < -0.3 is 4.57 Å². The van der Waals surface area contributed by atoms with Gasteiger partial charge in [0.1, 0.15) is 5.82 Å². The molecule has 0 saturated carbocycles. The van der Waals surface area contributed by atoms with Gasteiger partial charge in [-0.25, -0.2) is 4.98 Å². The summed E-state index contributed by atoms with van der Waals surface area (Å²) in [7, 11) is 0. The smallest absolute Gasteiger partial charge is 0.140 e. The topological polar surface area (TPSA) is 17.8 Å². The Labute approximate surface area is 87.2 Å². The summed E-state index contributed by atoms with van der Waals surface area (Å²) in [6.45, 7) is 1.02. The summed E-state index contributed by atoms with van der Waals surface area (Å²) in [5.74, 6) is 1.04. The highest BCUT2D eigenvalue weighted by Crippen LogP contribution is 2.29. The van der Waals surface area contributed by atoms with Crippen LogP contribution in [0.5, 0.6) is 0 Å². The van der Waals surface area contributed by atoms with Gasteiger partial charge in [-0.05, 0) is 24.1 Å². The van der Waals surface area contributed by atoms with Gasteiger partial charge in [0.15, 0.2) is 0 Å². The van der Waals surface area contributed by atoms with Gasteiger partial charge in [0.2, 0.25) is 0 Å². The number of rotatable bonds is 0. The van der Waals surface area contributed by atoms with E-state index in [1.165, 1.54) is 11.1 Å². The minimum Gasteiger partial charge on any atom is -0.331 e. The van der Waals surface area contributed by atoms with Crippen molar-refractivity contribution in [2.24, 2.45) is 0 Å². The molecule has 0 radical (unpaired) electrons. The maximum atomic E-state index is 5.97. The molecule has 3 rings (SSSR count). The van der Waals surface area contributed by atoms with Crippen LogP contribution in [-0.2, 0) is 13.0 Å². The Bertz CT molecular complexity index is 488. The molecular weight excluding hydrogens is 196 g/mol. The molecule has 70 valence electrons. The van der Waals surface area contributed by atoms with Crippen LogP contribution in [0.1, 0.15) is 5.56 Å². The summed E-state index contributed by atoms with van der Waals surface area (Å²) in [5.41, 5.74) is 2.52. The number of halogens is 1. The number of nitrogens with zero attached hydrogens (tertiary/aromatic N) is 2. The van der Waals surface area contributed by atoms with Crippen molar-refractivity contribution in [3.05, 3.63) is 41.2 Å². The van der Waals surface area contributed by atoms with E-state index in [0.29, 0.717) is 0 Å². The van der Waals surface area contributed by atoms with Gasteiger partial charge in [0.05, 0.1) is 0 Å². The lowest BCUT2D eigenvalue weighted by Crippen LogP contribution is -2.09. The molecular formula is C11H9ClN2. The lowest BCUT2D eigenvalue weighted by molar-refractivity contribution is 0.684. The van der Waals surface area contributed by atoms with Crippen LogP contribution in [-0.4, -0.2) is 9.55 Å². The van der Waals surface area contributed by atoms with Crippen LogP contribution in [0.25, 0.3) is 11.4 Å². The van der Waals surface area contributed by atoms with Gasteiger partial charge in [-0.15, -0.1) is 0 Å². The Morgan fingerprint density at radius 3 is 3.21 bits per heavy atom. The molecule has 0 amide bonds. The molecule has 1 aromatic carbocycles. The zero-order valence-corrected chi connectivity index (χ0v) is 8.33. The van der Waals surface area contributed by atoms with Crippen molar-refractivity contribution in [1.82, 2.24) is 9.55 Å². The first-order chi connectivity index (χ1) is 6.84. The van der Waals surface area contributed by atoms with Crippen molar-refractivity contribution in [2.45, 2.75) is 13.0 Å². The molecule has 0 fully saturated rings. The van der Waals surface area contributed by atoms with E-state index in [4.69, 9.17) is 11.6 Å². The largest absolute Gasteiger partial charge is 0.331 e. The lowest BCUT2D eigenvalue weighted by Gasteiger charge is -2.17. The van der Waals surface area contributed by atoms with Gasteiger partial charge >= 0.3 is 0 Å². The molecule has 0 N–H and O–H groups in total. The van der Waals surface area contributed by atoms with Crippen molar-refractivity contribution < 1.29 is 0 Å². The van der Waals surface area contributed by atoms with Gasteiger partial charge in [-0.3, -0.25) is 0 Å². The molecule has 0 spiro atoms. The molecule has 2 nitrogen and oxygen atoms in total. The van der Waals surface area contributed by atoms with Crippen molar-refractivity contribution >= 4 is 11.6 Å². The van der Waals surface area contributed by atoms with Crippen LogP contribution < -0.4 is 0 Å². The molecule has 0 bridgehead atoms.